The summed E-state index contributed by atoms with van der Waals surface area (Å²) < 4.78 is 7.57. The Labute approximate surface area is 207 Å². The fourth-order valence-electron chi connectivity index (χ4n) is 3.24. The molecule has 0 spiro atoms. The first-order valence-electron chi connectivity index (χ1n) is 10.7. The minimum atomic E-state index is -0.172. The zero-order chi connectivity index (χ0) is 24.2. The molecule has 1 atom stereocenters. The van der Waals surface area contributed by atoms with Gasteiger partial charge in [-0.1, -0.05) is 35.5 Å². The van der Waals surface area contributed by atoms with Crippen molar-refractivity contribution in [3.8, 4) is 22.8 Å². The topological polar surface area (TPSA) is 108 Å². The Balaban J connectivity index is 1.76. The molecule has 9 nitrogen and oxygen atoms in total. The summed E-state index contributed by atoms with van der Waals surface area (Å²) in [6.07, 6.45) is 0. The van der Waals surface area contributed by atoms with Crippen LogP contribution in [0.15, 0.2) is 53.7 Å². The number of hydrogen-bond donors (Lipinski definition) is 1. The fourth-order valence-corrected chi connectivity index (χ4v) is 4.38. The predicted octanol–water partition coefficient (Wildman–Crippen LogP) is 4.67. The van der Waals surface area contributed by atoms with Gasteiger partial charge in [0, 0.05) is 25.3 Å². The number of anilines is 2. The molecule has 176 valence electrons. The van der Waals surface area contributed by atoms with E-state index in [9.17, 15) is 0 Å². The molecule has 2 heterocycles. The highest BCUT2D eigenvalue weighted by Crippen LogP contribution is 2.37. The number of halogens is 1. The van der Waals surface area contributed by atoms with Crippen molar-refractivity contribution in [2.45, 2.75) is 24.3 Å². The van der Waals surface area contributed by atoms with Crippen LogP contribution in [0, 0.1) is 0 Å². The van der Waals surface area contributed by atoms with Crippen LogP contribution < -0.4 is 15.4 Å². The number of nitrogen functional groups attached to an aromatic ring is 1. The van der Waals surface area contributed by atoms with Crippen molar-refractivity contribution in [2.75, 3.05) is 31.3 Å². The molecule has 0 radical (unpaired) electrons. The van der Waals surface area contributed by atoms with Crippen LogP contribution in [0.2, 0.25) is 5.02 Å². The third-order valence-corrected chi connectivity index (χ3v) is 6.23. The minimum absolute atomic E-state index is 0.172. The lowest BCUT2D eigenvalue weighted by Crippen LogP contribution is -2.16. The zero-order valence-corrected chi connectivity index (χ0v) is 20.9. The van der Waals surface area contributed by atoms with Gasteiger partial charge in [0.05, 0.1) is 16.9 Å². The number of aromatic nitrogens is 6. The monoisotopic (exact) mass is 496 g/mol. The van der Waals surface area contributed by atoms with E-state index in [1.54, 1.807) is 4.90 Å². The first kappa shape index (κ1) is 23.8. The second-order valence-corrected chi connectivity index (χ2v) is 9.27. The Bertz CT molecular complexity index is 1280. The molecule has 0 fully saturated rings. The maximum atomic E-state index is 6.51. The summed E-state index contributed by atoms with van der Waals surface area (Å²) >= 11 is 7.98. The number of benzene rings is 2. The maximum Gasteiger partial charge on any atom is 0.229 e. The van der Waals surface area contributed by atoms with Gasteiger partial charge in [-0.05, 0) is 50.2 Å². The summed E-state index contributed by atoms with van der Waals surface area (Å²) in [5, 5.41) is 10.1. The van der Waals surface area contributed by atoms with E-state index in [0.717, 1.165) is 17.0 Å². The molecule has 34 heavy (non-hydrogen) atoms. The quantitative estimate of drug-likeness (QED) is 0.348. The van der Waals surface area contributed by atoms with Crippen molar-refractivity contribution in [1.82, 2.24) is 29.7 Å². The molecule has 4 aromatic rings. The summed E-state index contributed by atoms with van der Waals surface area (Å²) in [6, 6.07) is 15.3. The van der Waals surface area contributed by atoms with E-state index in [1.807, 2.05) is 81.0 Å². The molecular formula is C23H25ClN8OS. The second kappa shape index (κ2) is 10.3. The van der Waals surface area contributed by atoms with Crippen LogP contribution in [0.3, 0.4) is 0 Å². The number of nitrogens with two attached hydrogens (primary N) is 1. The van der Waals surface area contributed by atoms with Crippen molar-refractivity contribution in [3.05, 3.63) is 59.4 Å². The molecule has 0 amide bonds. The molecule has 0 saturated carbocycles. The van der Waals surface area contributed by atoms with Crippen molar-refractivity contribution in [1.29, 1.82) is 0 Å². The highest BCUT2D eigenvalue weighted by atomic mass is 35.5. The summed E-state index contributed by atoms with van der Waals surface area (Å²) in [5.41, 5.74) is 7.59. The lowest BCUT2D eigenvalue weighted by molar-refractivity contribution is 0.340. The van der Waals surface area contributed by atoms with Gasteiger partial charge in [0.25, 0.3) is 0 Å². The van der Waals surface area contributed by atoms with Crippen LogP contribution in [0.1, 0.15) is 24.9 Å². The zero-order valence-electron chi connectivity index (χ0n) is 19.3. The number of thioether (sulfide) groups is 1. The van der Waals surface area contributed by atoms with Gasteiger partial charge in [0.15, 0.2) is 11.0 Å². The van der Waals surface area contributed by atoms with Crippen LogP contribution in [-0.2, 0) is 0 Å². The van der Waals surface area contributed by atoms with Gasteiger partial charge in [-0.2, -0.15) is 15.0 Å². The molecule has 2 aromatic heterocycles. The average Bonchev–Trinajstić information content (AvgIpc) is 3.22. The lowest BCUT2D eigenvalue weighted by Gasteiger charge is -2.16. The first-order chi connectivity index (χ1) is 16.4. The van der Waals surface area contributed by atoms with Crippen LogP contribution >= 0.6 is 23.4 Å². The van der Waals surface area contributed by atoms with Crippen molar-refractivity contribution in [3.63, 3.8) is 0 Å². The van der Waals surface area contributed by atoms with Gasteiger partial charge >= 0.3 is 0 Å². The highest BCUT2D eigenvalue weighted by Gasteiger charge is 2.22. The van der Waals surface area contributed by atoms with Gasteiger partial charge in [-0.3, -0.25) is 4.57 Å². The average molecular weight is 497 g/mol. The molecule has 2 aromatic carbocycles. The van der Waals surface area contributed by atoms with Crippen LogP contribution in [0.25, 0.3) is 17.1 Å². The van der Waals surface area contributed by atoms with E-state index in [-0.39, 0.29) is 11.2 Å². The van der Waals surface area contributed by atoms with Gasteiger partial charge in [0.2, 0.25) is 11.9 Å². The molecule has 0 bridgehead atoms. The Morgan fingerprint density at radius 1 is 1.06 bits per heavy atom. The number of hydrogen-bond acceptors (Lipinski definition) is 9. The predicted molar refractivity (Wildman–Crippen MR) is 136 cm³/mol. The summed E-state index contributed by atoms with van der Waals surface area (Å²) in [5.74, 6) is 2.65. The fraction of sp³-hybridized carbons (Fsp3) is 0.261. The van der Waals surface area contributed by atoms with E-state index in [2.05, 4.69) is 25.1 Å². The van der Waals surface area contributed by atoms with Gasteiger partial charge in [-0.25, -0.2) is 0 Å². The summed E-state index contributed by atoms with van der Waals surface area (Å²) in [4.78, 5) is 14.9. The first-order valence-corrected chi connectivity index (χ1v) is 11.9. The maximum absolute atomic E-state index is 6.51. The molecular weight excluding hydrogens is 472 g/mol. The highest BCUT2D eigenvalue weighted by molar-refractivity contribution is 7.99. The van der Waals surface area contributed by atoms with E-state index in [1.165, 1.54) is 11.8 Å². The van der Waals surface area contributed by atoms with Crippen molar-refractivity contribution in [2.24, 2.45) is 0 Å². The molecule has 0 aliphatic carbocycles. The third kappa shape index (κ3) is 5.07. The van der Waals surface area contributed by atoms with Crippen molar-refractivity contribution >= 4 is 35.3 Å². The number of ether oxygens (including phenoxy) is 1. The Morgan fingerprint density at radius 2 is 1.79 bits per heavy atom. The molecule has 4 rings (SSSR count). The second-order valence-electron chi connectivity index (χ2n) is 7.55. The molecule has 0 aliphatic rings. The summed E-state index contributed by atoms with van der Waals surface area (Å²) in [7, 11) is 3.71. The van der Waals surface area contributed by atoms with E-state index in [0.29, 0.717) is 34.4 Å². The molecule has 2 N–H and O–H groups in total. The lowest BCUT2D eigenvalue weighted by atomic mass is 10.2. The largest absolute Gasteiger partial charge is 0.494 e. The van der Waals surface area contributed by atoms with E-state index < -0.39 is 0 Å². The number of nitrogens with zero attached hydrogens (tertiary/aromatic N) is 7. The van der Waals surface area contributed by atoms with Gasteiger partial charge in [-0.15, -0.1) is 10.2 Å². The smallest absolute Gasteiger partial charge is 0.229 e. The minimum Gasteiger partial charge on any atom is -0.494 e. The van der Waals surface area contributed by atoms with Crippen LogP contribution in [-0.4, -0.2) is 50.4 Å². The Hall–Kier alpha value is -3.37. The van der Waals surface area contributed by atoms with Gasteiger partial charge in [0.1, 0.15) is 11.6 Å². The molecule has 0 saturated heterocycles. The Morgan fingerprint density at radius 3 is 2.47 bits per heavy atom. The molecule has 1 unspecified atom stereocenters. The van der Waals surface area contributed by atoms with E-state index >= 15 is 0 Å². The van der Waals surface area contributed by atoms with Gasteiger partial charge < -0.3 is 15.4 Å². The normalized spacial score (nSPS) is 11.9. The van der Waals surface area contributed by atoms with Crippen LogP contribution in [0.4, 0.5) is 11.9 Å². The standard InChI is InChI=1S/C23H25ClN8OS/c1-5-33-16-12-10-15(11-13-16)32-20(17-8-6-7-9-18(17)24)29-30-23(32)34-14(2)19-26-21(25)28-22(27-19)31(3)4/h6-14H,5H2,1-4H3,(H2,25,26,27,28). The number of rotatable bonds is 8. The SMILES string of the molecule is CCOc1ccc(-n2c(SC(C)c3nc(N)nc(N(C)C)n3)nnc2-c2ccccc2Cl)cc1. The van der Waals surface area contributed by atoms with Crippen LogP contribution in [0.5, 0.6) is 5.75 Å². The third-order valence-electron chi connectivity index (χ3n) is 4.86. The Kier molecular flexibility index (Phi) is 7.18. The van der Waals surface area contributed by atoms with Crippen molar-refractivity contribution < 1.29 is 4.74 Å². The summed E-state index contributed by atoms with van der Waals surface area (Å²) in [6.45, 7) is 4.54. The molecule has 0 aliphatic heterocycles. The van der Waals surface area contributed by atoms with E-state index in [4.69, 9.17) is 22.1 Å². The molecule has 11 heteroatoms.